The van der Waals surface area contributed by atoms with Crippen molar-refractivity contribution in [3.8, 4) is 0 Å². The highest BCUT2D eigenvalue weighted by molar-refractivity contribution is 7.90. The maximum atomic E-state index is 13.3. The number of methoxy groups -OCH3 is 1. The third kappa shape index (κ3) is 2.66. The Bertz CT molecular complexity index is 1390. The third-order valence-electron chi connectivity index (χ3n) is 4.60. The average Bonchev–Trinajstić information content (AvgIpc) is 3.24. The topological polar surface area (TPSA) is 87.4 Å². The molecular weight excluding hydrogens is 400 g/mol. The number of nitrogens with zero attached hydrogens (tertiary/aromatic N) is 2. The summed E-state index contributed by atoms with van der Waals surface area (Å²) < 4.78 is 34.7. The van der Waals surface area contributed by atoms with Crippen molar-refractivity contribution in [3.63, 3.8) is 0 Å². The quantitative estimate of drug-likeness (QED) is 0.477. The van der Waals surface area contributed by atoms with Gasteiger partial charge in [0.15, 0.2) is 0 Å². The van der Waals surface area contributed by atoms with Gasteiger partial charge < -0.3 is 4.74 Å². The first-order valence-electron chi connectivity index (χ1n) is 8.46. The van der Waals surface area contributed by atoms with Crippen LogP contribution in [0.1, 0.15) is 17.3 Å². The number of aromatic nitrogens is 2. The number of fused-ring (bicyclic) bond motifs is 2. The summed E-state index contributed by atoms with van der Waals surface area (Å²) in [6, 6.07) is 11.3. The summed E-state index contributed by atoms with van der Waals surface area (Å²) in [6.45, 7) is 2.37. The van der Waals surface area contributed by atoms with E-state index in [1.807, 2.05) is 6.92 Å². The zero-order valence-electron chi connectivity index (χ0n) is 15.1. The second-order valence-electron chi connectivity index (χ2n) is 6.09. The minimum Gasteiger partial charge on any atom is -0.465 e. The molecule has 0 aliphatic rings. The van der Waals surface area contributed by atoms with Crippen LogP contribution in [0.15, 0.2) is 58.4 Å². The van der Waals surface area contributed by atoms with Crippen LogP contribution in [0.25, 0.3) is 21.1 Å². The predicted octanol–water partition coefficient (Wildman–Crippen LogP) is 3.06. The number of rotatable bonds is 4. The summed E-state index contributed by atoms with van der Waals surface area (Å²) in [5.41, 5.74) is 1.25. The number of para-hydroxylation sites is 1. The van der Waals surface area contributed by atoms with Gasteiger partial charge in [0.2, 0.25) is 0 Å². The van der Waals surface area contributed by atoms with Crippen molar-refractivity contribution in [3.05, 3.63) is 63.9 Å². The van der Waals surface area contributed by atoms with E-state index in [4.69, 9.17) is 4.74 Å². The van der Waals surface area contributed by atoms with Crippen molar-refractivity contribution in [1.82, 2.24) is 8.54 Å². The molecule has 0 saturated heterocycles. The molecule has 0 atom stereocenters. The lowest BCUT2D eigenvalue weighted by atomic mass is 10.2. The first-order valence-corrected chi connectivity index (χ1v) is 10.7. The summed E-state index contributed by atoms with van der Waals surface area (Å²) in [5.74, 6) is -0.612. The van der Waals surface area contributed by atoms with Crippen molar-refractivity contribution < 1.29 is 17.9 Å². The lowest BCUT2D eigenvalue weighted by molar-refractivity contribution is 0.0603. The molecule has 0 bridgehead atoms. The fourth-order valence-electron chi connectivity index (χ4n) is 3.24. The number of aryl methyl sites for hydroxylation is 1. The monoisotopic (exact) mass is 416 g/mol. The van der Waals surface area contributed by atoms with Gasteiger partial charge in [-0.2, -0.15) is 0 Å². The van der Waals surface area contributed by atoms with Crippen molar-refractivity contribution >= 4 is 48.4 Å². The van der Waals surface area contributed by atoms with Crippen LogP contribution >= 0.6 is 11.3 Å². The second-order valence-corrected chi connectivity index (χ2v) is 8.90. The van der Waals surface area contributed by atoms with E-state index in [9.17, 15) is 18.0 Å². The van der Waals surface area contributed by atoms with Gasteiger partial charge in [-0.1, -0.05) is 29.5 Å². The van der Waals surface area contributed by atoms with Crippen molar-refractivity contribution in [2.75, 3.05) is 7.11 Å². The number of ether oxygens (including phenoxy) is 1. The van der Waals surface area contributed by atoms with Gasteiger partial charge in [0, 0.05) is 18.1 Å². The van der Waals surface area contributed by atoms with Crippen LogP contribution in [0.3, 0.4) is 0 Å². The average molecular weight is 416 g/mol. The molecule has 0 N–H and O–H groups in total. The van der Waals surface area contributed by atoms with Gasteiger partial charge >= 0.3 is 10.8 Å². The largest absolute Gasteiger partial charge is 0.465 e. The molecular formula is C19H16N2O5S2. The Morgan fingerprint density at radius 3 is 2.61 bits per heavy atom. The van der Waals surface area contributed by atoms with Gasteiger partial charge in [0.1, 0.15) is 0 Å². The van der Waals surface area contributed by atoms with E-state index in [1.165, 1.54) is 25.4 Å². The van der Waals surface area contributed by atoms with E-state index in [0.29, 0.717) is 27.7 Å². The maximum Gasteiger partial charge on any atom is 0.340 e. The highest BCUT2D eigenvalue weighted by Gasteiger charge is 2.24. The molecule has 9 heteroatoms. The maximum absolute atomic E-state index is 13.3. The Hall–Kier alpha value is -2.91. The van der Waals surface area contributed by atoms with E-state index >= 15 is 0 Å². The molecule has 0 fully saturated rings. The van der Waals surface area contributed by atoms with Crippen LogP contribution in [-0.2, 0) is 21.3 Å². The number of thiazole rings is 1. The van der Waals surface area contributed by atoms with E-state index in [0.717, 1.165) is 15.3 Å². The Balaban J connectivity index is 1.95. The zero-order chi connectivity index (χ0) is 20.1. The summed E-state index contributed by atoms with van der Waals surface area (Å²) in [4.78, 5) is 24.1. The van der Waals surface area contributed by atoms with Gasteiger partial charge in [-0.05, 0) is 31.2 Å². The molecule has 0 unspecified atom stereocenters. The second kappa shape index (κ2) is 6.61. The SMILES string of the molecule is CCn1c(=O)sc2cc(S(=O)(=O)n3cc(C(=O)OC)c4ccccc43)ccc21. The Morgan fingerprint density at radius 2 is 1.89 bits per heavy atom. The lowest BCUT2D eigenvalue weighted by Crippen LogP contribution is -2.12. The van der Waals surface area contributed by atoms with E-state index in [1.54, 1.807) is 34.9 Å². The number of hydrogen-bond acceptors (Lipinski definition) is 6. The van der Waals surface area contributed by atoms with E-state index in [2.05, 4.69) is 0 Å². The standard InChI is InChI=1S/C19H16N2O5S2/c1-3-20-16-9-8-12(10-17(16)27-19(20)23)28(24,25)21-11-14(18(22)26-2)13-6-4-5-7-15(13)21/h4-11H,3H2,1-2H3. The normalized spacial score (nSPS) is 11.9. The van der Waals surface area contributed by atoms with Crippen molar-refractivity contribution in [2.24, 2.45) is 0 Å². The molecule has 144 valence electrons. The smallest absolute Gasteiger partial charge is 0.340 e. The highest BCUT2D eigenvalue weighted by atomic mass is 32.2. The molecule has 4 rings (SSSR count). The molecule has 7 nitrogen and oxygen atoms in total. The first kappa shape index (κ1) is 18.5. The van der Waals surface area contributed by atoms with Gasteiger partial charge in [0.25, 0.3) is 10.0 Å². The Kier molecular flexibility index (Phi) is 4.35. The molecule has 0 aliphatic heterocycles. The molecule has 2 heterocycles. The van der Waals surface area contributed by atoms with Gasteiger partial charge in [-0.3, -0.25) is 9.36 Å². The highest BCUT2D eigenvalue weighted by Crippen LogP contribution is 2.28. The summed E-state index contributed by atoms with van der Waals surface area (Å²) in [6.07, 6.45) is 1.27. The fourth-order valence-corrected chi connectivity index (χ4v) is 5.71. The molecule has 0 saturated carbocycles. The van der Waals surface area contributed by atoms with Crippen LogP contribution in [0.4, 0.5) is 0 Å². The Morgan fingerprint density at radius 1 is 1.14 bits per heavy atom. The molecule has 0 aliphatic carbocycles. The van der Waals surface area contributed by atoms with E-state index < -0.39 is 16.0 Å². The molecule has 0 amide bonds. The van der Waals surface area contributed by atoms with Crippen molar-refractivity contribution in [2.45, 2.75) is 18.4 Å². The fraction of sp³-hybridized carbons (Fsp3) is 0.158. The predicted molar refractivity (Wildman–Crippen MR) is 108 cm³/mol. The number of carbonyl (C=O) groups excluding carboxylic acids is 1. The van der Waals surface area contributed by atoms with Crippen molar-refractivity contribution in [1.29, 1.82) is 0 Å². The van der Waals surface area contributed by atoms with Crippen LogP contribution in [-0.4, -0.2) is 30.0 Å². The number of benzene rings is 2. The molecule has 28 heavy (non-hydrogen) atoms. The van der Waals surface area contributed by atoms with E-state index in [-0.39, 0.29) is 15.3 Å². The van der Waals surface area contributed by atoms with Crippen LogP contribution in [0.2, 0.25) is 0 Å². The van der Waals surface area contributed by atoms with Crippen LogP contribution < -0.4 is 4.87 Å². The summed E-state index contributed by atoms with van der Waals surface area (Å²) in [7, 11) is -2.74. The lowest BCUT2D eigenvalue weighted by Gasteiger charge is -2.08. The Labute approximate surface area is 164 Å². The zero-order valence-corrected chi connectivity index (χ0v) is 16.7. The molecule has 2 aromatic heterocycles. The molecule has 0 radical (unpaired) electrons. The summed E-state index contributed by atoms with van der Waals surface area (Å²) >= 11 is 1.01. The summed E-state index contributed by atoms with van der Waals surface area (Å²) in [5, 5.41) is 0.487. The van der Waals surface area contributed by atoms with Gasteiger partial charge in [0.05, 0.1) is 33.3 Å². The first-order chi connectivity index (χ1) is 13.4. The number of esters is 1. The van der Waals surface area contributed by atoms with Gasteiger partial charge in [-0.15, -0.1) is 0 Å². The molecule has 2 aromatic carbocycles. The molecule has 0 spiro atoms. The minimum atomic E-state index is -3.98. The van der Waals surface area contributed by atoms with Crippen LogP contribution in [0.5, 0.6) is 0 Å². The van der Waals surface area contributed by atoms with Crippen LogP contribution in [0, 0.1) is 0 Å². The third-order valence-corrected chi connectivity index (χ3v) is 7.21. The number of hydrogen-bond donors (Lipinski definition) is 0. The molecule has 4 aromatic rings. The number of carbonyl (C=O) groups is 1. The minimum absolute atomic E-state index is 0.0432. The van der Waals surface area contributed by atoms with Gasteiger partial charge in [-0.25, -0.2) is 17.2 Å².